The molecule has 0 spiro atoms. The van der Waals surface area contributed by atoms with Crippen LogP contribution in [0.25, 0.3) is 0 Å². The number of para-hydroxylation sites is 3. The van der Waals surface area contributed by atoms with Crippen molar-refractivity contribution in [2.45, 2.75) is 42.3 Å². The molecule has 2 N–H and O–H groups in total. The van der Waals surface area contributed by atoms with Crippen LogP contribution in [0.15, 0.2) is 77.7 Å². The molecule has 5 rings (SSSR count). The van der Waals surface area contributed by atoms with Crippen LogP contribution < -0.4 is 14.5 Å². The maximum atomic E-state index is 13.3. The van der Waals surface area contributed by atoms with E-state index in [-0.39, 0.29) is 31.2 Å². The molecule has 1 aliphatic heterocycles. The van der Waals surface area contributed by atoms with Gasteiger partial charge in [0, 0.05) is 33.5 Å². The Morgan fingerprint density at radius 3 is 2.29 bits per heavy atom. The third kappa shape index (κ3) is 4.67. The van der Waals surface area contributed by atoms with Crippen LogP contribution in [0, 0.1) is 6.07 Å². The summed E-state index contributed by atoms with van der Waals surface area (Å²) in [6, 6.07) is 22.8. The maximum absolute atomic E-state index is 13.3. The van der Waals surface area contributed by atoms with Crippen molar-refractivity contribution in [2.24, 2.45) is 0 Å². The van der Waals surface area contributed by atoms with E-state index in [0.717, 1.165) is 17.8 Å². The topological polar surface area (TPSA) is 90.0 Å². The number of sulfonamides is 1. The van der Waals surface area contributed by atoms with E-state index >= 15 is 0 Å². The first-order valence-corrected chi connectivity index (χ1v) is 12.8. The SMILES string of the molecule is CN1C(=O)c2ccccc2N(C2CCCC(NS(=O)(=O)c3cc[c-]cc3)C2O)c2ccccc21.[Re]. The summed E-state index contributed by atoms with van der Waals surface area (Å²) in [7, 11) is -2.06. The van der Waals surface area contributed by atoms with Crippen LogP contribution in [0.5, 0.6) is 0 Å². The van der Waals surface area contributed by atoms with Crippen LogP contribution in [0.1, 0.15) is 29.6 Å². The molecule has 1 amide bonds. The van der Waals surface area contributed by atoms with Gasteiger partial charge in [-0.15, -0.1) is 0 Å². The van der Waals surface area contributed by atoms with Crippen molar-refractivity contribution in [3.05, 3.63) is 84.4 Å². The zero-order valence-electron chi connectivity index (χ0n) is 19.1. The Hall–Kier alpha value is -2.54. The number of amides is 1. The average molecular weight is 663 g/mol. The van der Waals surface area contributed by atoms with Gasteiger partial charge in [-0.05, 0) is 48.4 Å². The van der Waals surface area contributed by atoms with Gasteiger partial charge in [0.2, 0.25) is 10.0 Å². The van der Waals surface area contributed by atoms with Crippen LogP contribution in [0.2, 0.25) is 0 Å². The second-order valence-corrected chi connectivity index (χ2v) is 10.4. The van der Waals surface area contributed by atoms with E-state index in [0.29, 0.717) is 24.1 Å². The zero-order chi connectivity index (χ0) is 23.9. The summed E-state index contributed by atoms with van der Waals surface area (Å²) in [4.78, 5) is 17.0. The van der Waals surface area contributed by atoms with E-state index in [1.165, 1.54) is 12.1 Å². The zero-order valence-corrected chi connectivity index (χ0v) is 22.7. The van der Waals surface area contributed by atoms with Crippen molar-refractivity contribution < 1.29 is 38.7 Å². The normalized spacial score (nSPS) is 22.0. The van der Waals surface area contributed by atoms with Crippen molar-refractivity contribution in [3.8, 4) is 0 Å². The molecular formula is C26H26N3O4ReS-. The summed E-state index contributed by atoms with van der Waals surface area (Å²) >= 11 is 0. The van der Waals surface area contributed by atoms with Crippen LogP contribution in [0.3, 0.4) is 0 Å². The van der Waals surface area contributed by atoms with E-state index in [1.807, 2.05) is 47.4 Å². The summed E-state index contributed by atoms with van der Waals surface area (Å²) in [6.45, 7) is 0. The average Bonchev–Trinajstić information content (AvgIpc) is 2.95. The van der Waals surface area contributed by atoms with Crippen LogP contribution >= 0.6 is 0 Å². The number of carbonyl (C=O) groups is 1. The Balaban J connectivity index is 0.00000289. The van der Waals surface area contributed by atoms with Gasteiger partial charge >= 0.3 is 0 Å². The van der Waals surface area contributed by atoms with E-state index < -0.39 is 28.2 Å². The minimum Gasteiger partial charge on any atom is -0.389 e. The van der Waals surface area contributed by atoms with Gasteiger partial charge < -0.3 is 14.9 Å². The van der Waals surface area contributed by atoms with Gasteiger partial charge in [0.1, 0.15) is 0 Å². The molecule has 7 nitrogen and oxygen atoms in total. The minimum absolute atomic E-state index is 0. The predicted molar refractivity (Wildman–Crippen MR) is 131 cm³/mol. The molecule has 1 aliphatic carbocycles. The van der Waals surface area contributed by atoms with Gasteiger partial charge in [-0.1, -0.05) is 24.3 Å². The number of anilines is 3. The molecule has 3 aromatic rings. The fourth-order valence-electron chi connectivity index (χ4n) is 4.98. The minimum atomic E-state index is -3.80. The number of hydrogen-bond acceptors (Lipinski definition) is 5. The smallest absolute Gasteiger partial charge is 0.260 e. The third-order valence-electron chi connectivity index (χ3n) is 6.66. The molecule has 0 saturated heterocycles. The Bertz CT molecular complexity index is 1320. The number of aliphatic hydroxyl groups excluding tert-OH is 1. The Morgan fingerprint density at radius 2 is 1.57 bits per heavy atom. The molecule has 1 saturated carbocycles. The number of nitrogens with zero attached hydrogens (tertiary/aromatic N) is 2. The van der Waals surface area contributed by atoms with Gasteiger partial charge in [-0.2, -0.15) is 30.3 Å². The second-order valence-electron chi connectivity index (χ2n) is 8.69. The molecule has 0 bridgehead atoms. The van der Waals surface area contributed by atoms with Gasteiger partial charge in [0.05, 0.1) is 34.8 Å². The molecule has 2 aliphatic rings. The van der Waals surface area contributed by atoms with Gasteiger partial charge in [-0.3, -0.25) is 4.79 Å². The predicted octanol–water partition coefficient (Wildman–Crippen LogP) is 3.47. The second kappa shape index (κ2) is 10.2. The summed E-state index contributed by atoms with van der Waals surface area (Å²) < 4.78 is 28.6. The molecular weight excluding hydrogens is 637 g/mol. The quantitative estimate of drug-likeness (QED) is 0.418. The Morgan fingerprint density at radius 1 is 0.943 bits per heavy atom. The first kappa shape index (κ1) is 25.6. The van der Waals surface area contributed by atoms with Crippen LogP contribution in [-0.4, -0.2) is 44.7 Å². The number of carbonyl (C=O) groups excluding carboxylic acids is 1. The molecule has 3 aromatic carbocycles. The molecule has 9 heteroatoms. The van der Waals surface area contributed by atoms with Crippen molar-refractivity contribution in [1.82, 2.24) is 4.72 Å². The number of hydrogen-bond donors (Lipinski definition) is 2. The first-order chi connectivity index (χ1) is 16.4. The molecule has 3 unspecified atom stereocenters. The van der Waals surface area contributed by atoms with Crippen molar-refractivity contribution in [2.75, 3.05) is 16.8 Å². The van der Waals surface area contributed by atoms with E-state index in [2.05, 4.69) is 10.8 Å². The molecule has 3 atom stereocenters. The third-order valence-corrected chi connectivity index (χ3v) is 8.16. The molecule has 1 heterocycles. The fourth-order valence-corrected chi connectivity index (χ4v) is 6.26. The molecule has 183 valence electrons. The van der Waals surface area contributed by atoms with Crippen molar-refractivity contribution in [3.63, 3.8) is 0 Å². The Kier molecular flexibility index (Phi) is 7.46. The van der Waals surface area contributed by atoms with Gasteiger partial charge in [0.15, 0.2) is 0 Å². The van der Waals surface area contributed by atoms with Gasteiger partial charge in [0.25, 0.3) is 5.91 Å². The summed E-state index contributed by atoms with van der Waals surface area (Å²) in [5.74, 6) is -0.131. The van der Waals surface area contributed by atoms with Gasteiger partial charge in [-0.25, -0.2) is 13.1 Å². The summed E-state index contributed by atoms with van der Waals surface area (Å²) in [5.41, 5.74) is 2.78. The number of aliphatic hydroxyl groups is 1. The van der Waals surface area contributed by atoms with Crippen LogP contribution in [-0.2, 0) is 30.4 Å². The van der Waals surface area contributed by atoms with Crippen molar-refractivity contribution in [1.29, 1.82) is 0 Å². The molecule has 0 aromatic heterocycles. The number of rotatable bonds is 4. The molecule has 35 heavy (non-hydrogen) atoms. The summed E-state index contributed by atoms with van der Waals surface area (Å²) in [5, 5.41) is 11.5. The molecule has 1 radical (unpaired) electrons. The number of fused-ring (bicyclic) bond motifs is 2. The maximum Gasteiger partial charge on any atom is 0.260 e. The van der Waals surface area contributed by atoms with E-state index in [1.54, 1.807) is 30.1 Å². The fraction of sp³-hybridized carbons (Fsp3) is 0.269. The summed E-state index contributed by atoms with van der Waals surface area (Å²) in [6.07, 6.45) is 0.909. The van der Waals surface area contributed by atoms with Crippen LogP contribution in [0.4, 0.5) is 17.1 Å². The van der Waals surface area contributed by atoms with E-state index in [9.17, 15) is 18.3 Å². The molecule has 1 fully saturated rings. The largest absolute Gasteiger partial charge is 0.389 e. The monoisotopic (exact) mass is 663 g/mol. The van der Waals surface area contributed by atoms with Crippen molar-refractivity contribution >= 4 is 33.0 Å². The van der Waals surface area contributed by atoms with E-state index in [4.69, 9.17) is 0 Å². The standard InChI is InChI=1S/C26H26N3O4S.Re/c1-28-22-15-7-8-16-23(22)29(21-14-6-5-12-19(21)26(28)31)24-17-9-13-20(25(24)30)27-34(32,33)18-10-3-2-4-11-18;/h3-8,10-12,14-16,20,24-25,27,30H,9,13,17H2,1H3;/q-1;. The Labute approximate surface area is 219 Å². The first-order valence-electron chi connectivity index (χ1n) is 11.3. The number of benzene rings is 3. The number of nitrogens with one attached hydrogen (secondary N) is 1.